The number of ether oxygens (including phenoxy) is 1. The highest BCUT2D eigenvalue weighted by atomic mass is 32.2. The number of aryl methyl sites for hydroxylation is 1. The van der Waals surface area contributed by atoms with Crippen LogP contribution < -0.4 is 10.5 Å². The predicted molar refractivity (Wildman–Crippen MR) is 76.4 cm³/mol. The average molecular weight is 288 g/mol. The molecular weight excluding hydrogens is 276 g/mol. The minimum Gasteiger partial charge on any atom is -0.437 e. The van der Waals surface area contributed by atoms with Gasteiger partial charge in [-0.15, -0.1) is 4.40 Å². The Labute approximate surface area is 116 Å². The van der Waals surface area contributed by atoms with Gasteiger partial charge in [0.1, 0.15) is 10.6 Å². The number of benzene rings is 2. The standard InChI is InChI=1S/C14H12N2O3S/c1-9-6-7-10(15)8-12(9)19-14-11-4-2-3-5-13(11)20(17,18)16-14/h2-8H,15H2,1H3. The maximum atomic E-state index is 11.9. The van der Waals surface area contributed by atoms with Gasteiger partial charge < -0.3 is 10.5 Å². The van der Waals surface area contributed by atoms with E-state index in [0.29, 0.717) is 17.0 Å². The van der Waals surface area contributed by atoms with Gasteiger partial charge in [0.05, 0.1) is 5.56 Å². The molecule has 2 N–H and O–H groups in total. The molecule has 0 atom stereocenters. The Kier molecular flexibility index (Phi) is 2.76. The Hall–Kier alpha value is -2.34. The van der Waals surface area contributed by atoms with Crippen LogP contribution in [0.25, 0.3) is 0 Å². The minimum atomic E-state index is -3.67. The van der Waals surface area contributed by atoms with Crippen molar-refractivity contribution in [1.29, 1.82) is 0 Å². The number of nitrogen functional groups attached to an aromatic ring is 1. The molecule has 0 aromatic heterocycles. The van der Waals surface area contributed by atoms with Crippen LogP contribution in [-0.4, -0.2) is 14.3 Å². The summed E-state index contributed by atoms with van der Waals surface area (Å²) >= 11 is 0. The quantitative estimate of drug-likeness (QED) is 0.815. The van der Waals surface area contributed by atoms with Crippen LogP contribution in [-0.2, 0) is 10.0 Å². The van der Waals surface area contributed by atoms with Gasteiger partial charge in [-0.1, -0.05) is 18.2 Å². The normalized spacial score (nSPS) is 15.6. The van der Waals surface area contributed by atoms with Crippen LogP contribution >= 0.6 is 0 Å². The fraction of sp³-hybridized carbons (Fsp3) is 0.0714. The van der Waals surface area contributed by atoms with Gasteiger partial charge in [-0.3, -0.25) is 0 Å². The predicted octanol–water partition coefficient (Wildman–Crippen LogP) is 2.11. The Balaban J connectivity index is 2.07. The van der Waals surface area contributed by atoms with Gasteiger partial charge in [0.2, 0.25) is 5.90 Å². The third kappa shape index (κ3) is 2.04. The molecule has 3 rings (SSSR count). The summed E-state index contributed by atoms with van der Waals surface area (Å²) in [4.78, 5) is 0.163. The molecule has 20 heavy (non-hydrogen) atoms. The van der Waals surface area contributed by atoms with Gasteiger partial charge in [-0.05, 0) is 30.7 Å². The number of nitrogens with two attached hydrogens (primary N) is 1. The molecule has 0 radical (unpaired) electrons. The first kappa shape index (κ1) is 12.7. The summed E-state index contributed by atoms with van der Waals surface area (Å²) in [6.45, 7) is 1.85. The maximum Gasteiger partial charge on any atom is 0.286 e. The summed E-state index contributed by atoms with van der Waals surface area (Å²) < 4.78 is 33.1. The molecule has 6 heteroatoms. The zero-order valence-electron chi connectivity index (χ0n) is 10.7. The van der Waals surface area contributed by atoms with Crippen molar-refractivity contribution in [3.63, 3.8) is 0 Å². The molecular formula is C14H12N2O3S. The van der Waals surface area contributed by atoms with E-state index >= 15 is 0 Å². The van der Waals surface area contributed by atoms with E-state index in [1.807, 2.05) is 6.92 Å². The number of hydrogen-bond acceptors (Lipinski definition) is 4. The number of hydrogen-bond donors (Lipinski definition) is 1. The van der Waals surface area contributed by atoms with Crippen LogP contribution in [0.3, 0.4) is 0 Å². The third-order valence-corrected chi connectivity index (χ3v) is 4.34. The van der Waals surface area contributed by atoms with E-state index < -0.39 is 10.0 Å². The zero-order valence-corrected chi connectivity index (χ0v) is 11.5. The van der Waals surface area contributed by atoms with E-state index in [0.717, 1.165) is 5.56 Å². The van der Waals surface area contributed by atoms with Crippen molar-refractivity contribution in [2.45, 2.75) is 11.8 Å². The molecule has 1 heterocycles. The van der Waals surface area contributed by atoms with Gasteiger partial charge >= 0.3 is 0 Å². The lowest BCUT2D eigenvalue weighted by atomic mass is 10.2. The van der Waals surface area contributed by atoms with Crippen molar-refractivity contribution in [3.05, 3.63) is 53.6 Å². The third-order valence-electron chi connectivity index (χ3n) is 3.02. The van der Waals surface area contributed by atoms with Gasteiger partial charge in [-0.2, -0.15) is 8.42 Å². The molecule has 2 aromatic carbocycles. The second kappa shape index (κ2) is 4.35. The Bertz CT molecular complexity index is 826. The van der Waals surface area contributed by atoms with Gasteiger partial charge in [-0.25, -0.2) is 0 Å². The molecule has 0 spiro atoms. The van der Waals surface area contributed by atoms with Crippen LogP contribution in [0.4, 0.5) is 5.69 Å². The number of rotatable bonds is 1. The van der Waals surface area contributed by atoms with E-state index in [2.05, 4.69) is 4.40 Å². The monoisotopic (exact) mass is 288 g/mol. The van der Waals surface area contributed by atoms with Crippen molar-refractivity contribution in [2.75, 3.05) is 5.73 Å². The molecule has 0 fully saturated rings. The highest BCUT2D eigenvalue weighted by Gasteiger charge is 2.30. The maximum absolute atomic E-state index is 11.9. The van der Waals surface area contributed by atoms with Crippen LogP contribution in [0.2, 0.25) is 0 Å². The number of fused-ring (bicyclic) bond motifs is 1. The fourth-order valence-electron chi connectivity index (χ4n) is 1.98. The molecule has 1 aliphatic rings. The lowest BCUT2D eigenvalue weighted by Gasteiger charge is -2.09. The summed E-state index contributed by atoms with van der Waals surface area (Å²) in [7, 11) is -3.67. The molecule has 0 bridgehead atoms. The summed E-state index contributed by atoms with van der Waals surface area (Å²) in [5.41, 5.74) is 7.57. The van der Waals surface area contributed by atoms with Crippen molar-refractivity contribution < 1.29 is 13.2 Å². The molecule has 0 unspecified atom stereocenters. The Morgan fingerprint density at radius 3 is 2.70 bits per heavy atom. The molecule has 102 valence electrons. The minimum absolute atomic E-state index is 0.0781. The first-order valence-corrected chi connectivity index (χ1v) is 7.40. The topological polar surface area (TPSA) is 81.8 Å². The lowest BCUT2D eigenvalue weighted by molar-refractivity contribution is 0.549. The van der Waals surface area contributed by atoms with E-state index in [1.54, 1.807) is 36.4 Å². The average Bonchev–Trinajstić information content (AvgIpc) is 2.66. The van der Waals surface area contributed by atoms with Crippen molar-refractivity contribution in [2.24, 2.45) is 4.40 Å². The summed E-state index contributed by atoms with van der Waals surface area (Å²) in [6.07, 6.45) is 0. The molecule has 0 aliphatic carbocycles. The fourth-order valence-corrected chi connectivity index (χ4v) is 3.12. The van der Waals surface area contributed by atoms with Crippen LogP contribution in [0, 0.1) is 6.92 Å². The van der Waals surface area contributed by atoms with E-state index in [1.165, 1.54) is 6.07 Å². The van der Waals surface area contributed by atoms with Crippen LogP contribution in [0.5, 0.6) is 5.75 Å². The van der Waals surface area contributed by atoms with Crippen LogP contribution in [0.1, 0.15) is 11.1 Å². The SMILES string of the molecule is Cc1ccc(N)cc1OC1=NS(=O)(=O)c2ccccc21. The van der Waals surface area contributed by atoms with Crippen molar-refractivity contribution >= 4 is 21.6 Å². The van der Waals surface area contributed by atoms with E-state index in [-0.39, 0.29) is 10.8 Å². The molecule has 5 nitrogen and oxygen atoms in total. The van der Waals surface area contributed by atoms with E-state index in [4.69, 9.17) is 10.5 Å². The summed E-state index contributed by atoms with van der Waals surface area (Å²) in [5.74, 6) is 0.574. The zero-order chi connectivity index (χ0) is 14.3. The largest absolute Gasteiger partial charge is 0.437 e. The van der Waals surface area contributed by atoms with E-state index in [9.17, 15) is 8.42 Å². The number of anilines is 1. The van der Waals surface area contributed by atoms with Crippen molar-refractivity contribution in [1.82, 2.24) is 0 Å². The molecule has 0 amide bonds. The second-order valence-electron chi connectivity index (χ2n) is 4.49. The van der Waals surface area contributed by atoms with Gasteiger partial charge in [0.15, 0.2) is 0 Å². The Morgan fingerprint density at radius 1 is 1.15 bits per heavy atom. The van der Waals surface area contributed by atoms with Crippen LogP contribution in [0.15, 0.2) is 51.8 Å². The van der Waals surface area contributed by atoms with Gasteiger partial charge in [0, 0.05) is 11.8 Å². The van der Waals surface area contributed by atoms with Crippen molar-refractivity contribution in [3.8, 4) is 5.75 Å². The first-order valence-electron chi connectivity index (χ1n) is 5.96. The smallest absolute Gasteiger partial charge is 0.286 e. The molecule has 2 aromatic rings. The lowest BCUT2D eigenvalue weighted by Crippen LogP contribution is -2.08. The molecule has 1 aliphatic heterocycles. The second-order valence-corrected chi connectivity index (χ2v) is 6.07. The summed E-state index contributed by atoms with van der Waals surface area (Å²) in [6, 6.07) is 11.8. The molecule has 0 saturated heterocycles. The Morgan fingerprint density at radius 2 is 1.90 bits per heavy atom. The number of sulfonamides is 1. The highest BCUT2D eigenvalue weighted by molar-refractivity contribution is 7.90. The molecule has 0 saturated carbocycles. The first-order chi connectivity index (χ1) is 9.47. The highest BCUT2D eigenvalue weighted by Crippen LogP contribution is 2.29. The number of nitrogens with zero attached hydrogens (tertiary/aromatic N) is 1. The van der Waals surface area contributed by atoms with Gasteiger partial charge in [0.25, 0.3) is 10.0 Å². The summed E-state index contributed by atoms with van der Waals surface area (Å²) in [5, 5.41) is 0.